The molecule has 128 valence electrons. The van der Waals surface area contributed by atoms with Crippen molar-refractivity contribution in [2.45, 2.75) is 19.5 Å². The summed E-state index contributed by atoms with van der Waals surface area (Å²) >= 11 is 1.68. The largest absolute Gasteiger partial charge is 0.381 e. The summed E-state index contributed by atoms with van der Waals surface area (Å²) in [5.74, 6) is -0.425. The maximum absolute atomic E-state index is 13.5. The Labute approximate surface area is 150 Å². The van der Waals surface area contributed by atoms with Crippen molar-refractivity contribution in [2.24, 2.45) is 0 Å². The Hall–Kier alpha value is -2.66. The molecule has 0 spiro atoms. The fraction of sp³-hybridized carbons (Fsp3) is 0.150. The Morgan fingerprint density at radius 1 is 0.960 bits per heavy atom. The lowest BCUT2D eigenvalue weighted by Gasteiger charge is -2.08. The highest BCUT2D eigenvalue weighted by Crippen LogP contribution is 2.13. The number of benzene rings is 2. The summed E-state index contributed by atoms with van der Waals surface area (Å²) in [7, 11) is 0. The lowest BCUT2D eigenvalue weighted by Crippen LogP contribution is -2.25. The third-order valence-corrected chi connectivity index (χ3v) is 4.56. The van der Waals surface area contributed by atoms with Gasteiger partial charge in [-0.05, 0) is 46.2 Å². The molecule has 3 rings (SSSR count). The first-order valence-corrected chi connectivity index (χ1v) is 8.99. The second-order valence-corrected chi connectivity index (χ2v) is 6.51. The minimum atomic E-state index is -0.302. The van der Waals surface area contributed by atoms with E-state index in [-0.39, 0.29) is 24.7 Å². The fourth-order valence-corrected chi connectivity index (χ4v) is 3.09. The molecule has 5 heteroatoms. The zero-order chi connectivity index (χ0) is 17.5. The number of hydrogen-bond acceptors (Lipinski definition) is 3. The van der Waals surface area contributed by atoms with Crippen molar-refractivity contribution in [3.8, 4) is 0 Å². The van der Waals surface area contributed by atoms with E-state index in [0.717, 1.165) is 17.8 Å². The van der Waals surface area contributed by atoms with Gasteiger partial charge in [0.25, 0.3) is 0 Å². The summed E-state index contributed by atoms with van der Waals surface area (Å²) in [5.41, 5.74) is 3.68. The van der Waals surface area contributed by atoms with E-state index in [1.807, 2.05) is 24.3 Å². The summed E-state index contributed by atoms with van der Waals surface area (Å²) in [4.78, 5) is 12.0. The average molecular weight is 354 g/mol. The van der Waals surface area contributed by atoms with Gasteiger partial charge in [-0.2, -0.15) is 11.3 Å². The molecule has 0 saturated heterocycles. The molecule has 0 aliphatic carbocycles. The fourth-order valence-electron chi connectivity index (χ4n) is 2.42. The van der Waals surface area contributed by atoms with Crippen LogP contribution < -0.4 is 10.6 Å². The van der Waals surface area contributed by atoms with Crippen LogP contribution in [0, 0.1) is 5.82 Å². The Morgan fingerprint density at radius 2 is 1.76 bits per heavy atom. The minimum absolute atomic E-state index is 0.123. The summed E-state index contributed by atoms with van der Waals surface area (Å²) < 4.78 is 13.5. The molecule has 0 aliphatic rings. The molecular weight excluding hydrogens is 335 g/mol. The highest BCUT2D eigenvalue weighted by atomic mass is 32.1. The predicted molar refractivity (Wildman–Crippen MR) is 100 cm³/mol. The van der Waals surface area contributed by atoms with Crippen molar-refractivity contribution in [3.05, 3.63) is 87.9 Å². The van der Waals surface area contributed by atoms with E-state index in [2.05, 4.69) is 27.5 Å². The molecule has 0 unspecified atom stereocenters. The van der Waals surface area contributed by atoms with Crippen LogP contribution in [0.3, 0.4) is 0 Å². The van der Waals surface area contributed by atoms with Gasteiger partial charge in [0.1, 0.15) is 5.82 Å². The van der Waals surface area contributed by atoms with Crippen molar-refractivity contribution in [1.82, 2.24) is 5.32 Å². The first-order valence-electron chi connectivity index (χ1n) is 8.05. The predicted octanol–water partition coefficient (Wildman–Crippen LogP) is 4.36. The van der Waals surface area contributed by atoms with Gasteiger partial charge in [-0.1, -0.05) is 30.3 Å². The molecular formula is C20H19FN2OS. The molecule has 1 heterocycles. The molecule has 3 aromatic rings. The van der Waals surface area contributed by atoms with Gasteiger partial charge in [0.05, 0.1) is 6.42 Å². The molecule has 2 N–H and O–H groups in total. The highest BCUT2D eigenvalue weighted by molar-refractivity contribution is 7.07. The number of thiophene rings is 1. The van der Waals surface area contributed by atoms with E-state index in [9.17, 15) is 9.18 Å². The number of nitrogens with one attached hydrogen (secondary N) is 2. The number of halogens is 1. The van der Waals surface area contributed by atoms with Crippen molar-refractivity contribution >= 4 is 22.9 Å². The summed E-state index contributed by atoms with van der Waals surface area (Å²) in [5, 5.41) is 10.3. The molecule has 1 amide bonds. The van der Waals surface area contributed by atoms with E-state index < -0.39 is 0 Å². The van der Waals surface area contributed by atoms with E-state index in [0.29, 0.717) is 5.56 Å². The van der Waals surface area contributed by atoms with Crippen molar-refractivity contribution in [3.63, 3.8) is 0 Å². The first-order chi connectivity index (χ1) is 12.2. The van der Waals surface area contributed by atoms with Gasteiger partial charge < -0.3 is 10.6 Å². The third kappa shape index (κ3) is 5.16. The van der Waals surface area contributed by atoms with E-state index >= 15 is 0 Å². The van der Waals surface area contributed by atoms with E-state index in [1.54, 1.807) is 29.5 Å². The van der Waals surface area contributed by atoms with Crippen LogP contribution in [0.1, 0.15) is 16.7 Å². The topological polar surface area (TPSA) is 41.1 Å². The number of hydrogen-bond donors (Lipinski definition) is 2. The summed E-state index contributed by atoms with van der Waals surface area (Å²) in [6, 6.07) is 16.3. The van der Waals surface area contributed by atoms with Crippen LogP contribution in [0.2, 0.25) is 0 Å². The molecule has 0 saturated carbocycles. The molecule has 2 aromatic carbocycles. The Kier molecular flexibility index (Phi) is 5.80. The van der Waals surface area contributed by atoms with Crippen LogP contribution in [0.25, 0.3) is 0 Å². The zero-order valence-corrected chi connectivity index (χ0v) is 14.5. The van der Waals surface area contributed by atoms with Gasteiger partial charge in [0.15, 0.2) is 0 Å². The van der Waals surface area contributed by atoms with Crippen LogP contribution in [0.5, 0.6) is 0 Å². The van der Waals surface area contributed by atoms with Gasteiger partial charge in [0.2, 0.25) is 5.91 Å². The van der Waals surface area contributed by atoms with Crippen LogP contribution in [-0.4, -0.2) is 5.91 Å². The quantitative estimate of drug-likeness (QED) is 0.662. The average Bonchev–Trinajstić information content (AvgIpc) is 3.14. The van der Waals surface area contributed by atoms with Gasteiger partial charge in [-0.25, -0.2) is 4.39 Å². The SMILES string of the molecule is O=C(Cc1ccc(NCc2ccsc2)cc1)NCc1ccccc1F. The van der Waals surface area contributed by atoms with Crippen LogP contribution >= 0.6 is 11.3 Å². The monoisotopic (exact) mass is 354 g/mol. The molecule has 25 heavy (non-hydrogen) atoms. The summed E-state index contributed by atoms with van der Waals surface area (Å²) in [6.07, 6.45) is 0.277. The van der Waals surface area contributed by atoms with Crippen molar-refractivity contribution in [1.29, 1.82) is 0 Å². The lowest BCUT2D eigenvalue weighted by atomic mass is 10.1. The van der Waals surface area contributed by atoms with Crippen molar-refractivity contribution in [2.75, 3.05) is 5.32 Å². The zero-order valence-electron chi connectivity index (χ0n) is 13.7. The Balaban J connectivity index is 1.47. The Morgan fingerprint density at radius 3 is 2.48 bits per heavy atom. The second-order valence-electron chi connectivity index (χ2n) is 5.73. The number of rotatable bonds is 7. The van der Waals surface area contributed by atoms with Gasteiger partial charge in [0, 0.05) is 24.3 Å². The molecule has 0 fully saturated rings. The van der Waals surface area contributed by atoms with Crippen molar-refractivity contribution < 1.29 is 9.18 Å². The van der Waals surface area contributed by atoms with Gasteiger partial charge in [-0.15, -0.1) is 0 Å². The number of amides is 1. The number of carbonyl (C=O) groups excluding carboxylic acids is 1. The van der Waals surface area contributed by atoms with Crippen LogP contribution in [-0.2, 0) is 24.3 Å². The Bertz CT molecular complexity index is 816. The van der Waals surface area contributed by atoms with E-state index in [1.165, 1.54) is 11.6 Å². The normalized spacial score (nSPS) is 10.4. The lowest BCUT2D eigenvalue weighted by molar-refractivity contribution is -0.120. The number of anilines is 1. The van der Waals surface area contributed by atoms with E-state index in [4.69, 9.17) is 0 Å². The highest BCUT2D eigenvalue weighted by Gasteiger charge is 2.06. The smallest absolute Gasteiger partial charge is 0.224 e. The van der Waals surface area contributed by atoms with Crippen LogP contribution in [0.4, 0.5) is 10.1 Å². The molecule has 0 aliphatic heterocycles. The molecule has 3 nitrogen and oxygen atoms in total. The molecule has 0 bridgehead atoms. The maximum atomic E-state index is 13.5. The molecule has 0 radical (unpaired) electrons. The third-order valence-electron chi connectivity index (χ3n) is 3.83. The molecule has 1 aromatic heterocycles. The maximum Gasteiger partial charge on any atom is 0.224 e. The standard InChI is InChI=1S/C20H19FN2OS/c21-19-4-2-1-3-17(19)13-23-20(24)11-15-5-7-18(8-6-15)22-12-16-9-10-25-14-16/h1-10,14,22H,11-13H2,(H,23,24). The van der Waals surface area contributed by atoms with Gasteiger partial charge >= 0.3 is 0 Å². The minimum Gasteiger partial charge on any atom is -0.381 e. The number of carbonyl (C=O) groups is 1. The van der Waals surface area contributed by atoms with Gasteiger partial charge in [-0.3, -0.25) is 4.79 Å². The second kappa shape index (κ2) is 8.44. The summed E-state index contributed by atoms with van der Waals surface area (Å²) in [6.45, 7) is 0.984. The van der Waals surface area contributed by atoms with Crippen LogP contribution in [0.15, 0.2) is 65.4 Å². The first kappa shape index (κ1) is 17.2. The molecule has 0 atom stereocenters.